The molecule has 0 saturated carbocycles. The van der Waals surface area contributed by atoms with E-state index in [0.29, 0.717) is 23.1 Å². The Hall–Kier alpha value is -2.50. The van der Waals surface area contributed by atoms with Crippen LogP contribution in [0.1, 0.15) is 11.4 Å². The van der Waals surface area contributed by atoms with E-state index in [1.54, 1.807) is 31.2 Å². The summed E-state index contributed by atoms with van der Waals surface area (Å²) in [4.78, 5) is 0. The van der Waals surface area contributed by atoms with Gasteiger partial charge in [-0.05, 0) is 17.7 Å². The molecule has 6 heteroatoms. The highest BCUT2D eigenvalue weighted by Gasteiger charge is 2.14. The van der Waals surface area contributed by atoms with Gasteiger partial charge in [0.15, 0.2) is 17.3 Å². The van der Waals surface area contributed by atoms with Crippen molar-refractivity contribution in [2.45, 2.75) is 6.61 Å². The number of hydrogen-bond donors (Lipinski definition) is 0. The molecule has 0 aliphatic rings. The maximum atomic E-state index is 5.77. The average molecular weight is 275 g/mol. The fourth-order valence-electron chi connectivity index (χ4n) is 1.73. The van der Waals surface area contributed by atoms with Crippen LogP contribution in [0.3, 0.4) is 0 Å². The molecule has 2 rings (SSSR count). The van der Waals surface area contributed by atoms with Crippen LogP contribution in [0, 0.1) is 0 Å². The van der Waals surface area contributed by atoms with Gasteiger partial charge in [0, 0.05) is 7.05 Å². The van der Waals surface area contributed by atoms with Crippen molar-refractivity contribution >= 4 is 6.08 Å². The van der Waals surface area contributed by atoms with Gasteiger partial charge in [-0.1, -0.05) is 12.7 Å². The lowest BCUT2D eigenvalue weighted by atomic mass is 10.2. The van der Waals surface area contributed by atoms with Gasteiger partial charge in [0.2, 0.25) is 5.75 Å². The second-order valence-electron chi connectivity index (χ2n) is 4.11. The van der Waals surface area contributed by atoms with Crippen molar-refractivity contribution in [1.29, 1.82) is 0 Å². The molecule has 0 atom stereocenters. The Kier molecular flexibility index (Phi) is 4.24. The Labute approximate surface area is 117 Å². The zero-order valence-electron chi connectivity index (χ0n) is 11.8. The van der Waals surface area contributed by atoms with Gasteiger partial charge in [-0.3, -0.25) is 0 Å². The maximum Gasteiger partial charge on any atom is 0.204 e. The van der Waals surface area contributed by atoms with Crippen molar-refractivity contribution in [3.05, 3.63) is 36.4 Å². The summed E-state index contributed by atoms with van der Waals surface area (Å²) in [6, 6.07) is 3.67. The molecule has 20 heavy (non-hydrogen) atoms. The zero-order chi connectivity index (χ0) is 14.5. The molecule has 0 unspecified atom stereocenters. The van der Waals surface area contributed by atoms with Crippen LogP contribution in [0.4, 0.5) is 0 Å². The third kappa shape index (κ3) is 2.74. The first-order valence-corrected chi connectivity index (χ1v) is 6.03. The predicted octanol–water partition coefficient (Wildman–Crippen LogP) is 2.05. The minimum atomic E-state index is 0.274. The van der Waals surface area contributed by atoms with E-state index in [1.807, 2.05) is 19.2 Å². The van der Waals surface area contributed by atoms with Gasteiger partial charge in [-0.15, -0.1) is 10.2 Å². The zero-order valence-corrected chi connectivity index (χ0v) is 11.8. The van der Waals surface area contributed by atoms with E-state index in [0.717, 1.165) is 5.56 Å². The van der Waals surface area contributed by atoms with Gasteiger partial charge in [-0.25, -0.2) is 0 Å². The number of aromatic nitrogens is 3. The van der Waals surface area contributed by atoms with Crippen molar-refractivity contribution < 1.29 is 14.2 Å². The number of methoxy groups -OCH3 is 2. The highest BCUT2D eigenvalue weighted by Crippen LogP contribution is 2.39. The number of rotatable bonds is 6. The number of hydrogen-bond acceptors (Lipinski definition) is 5. The lowest BCUT2D eigenvalue weighted by Crippen LogP contribution is -2.05. The van der Waals surface area contributed by atoms with Crippen LogP contribution < -0.4 is 14.2 Å². The van der Waals surface area contributed by atoms with Crippen molar-refractivity contribution in [2.24, 2.45) is 7.05 Å². The van der Waals surface area contributed by atoms with E-state index in [1.165, 1.54) is 0 Å². The first-order chi connectivity index (χ1) is 9.69. The van der Waals surface area contributed by atoms with E-state index in [-0.39, 0.29) is 6.61 Å². The molecule has 0 bridgehead atoms. The molecule has 0 spiro atoms. The first kappa shape index (κ1) is 13.9. The second-order valence-corrected chi connectivity index (χ2v) is 4.11. The van der Waals surface area contributed by atoms with Gasteiger partial charge in [0.1, 0.15) is 12.9 Å². The van der Waals surface area contributed by atoms with Crippen LogP contribution >= 0.6 is 0 Å². The molecule has 0 aliphatic heterocycles. The molecule has 0 amide bonds. The van der Waals surface area contributed by atoms with E-state index in [9.17, 15) is 0 Å². The number of ether oxygens (including phenoxy) is 3. The number of aryl methyl sites for hydroxylation is 1. The predicted molar refractivity (Wildman–Crippen MR) is 75.0 cm³/mol. The first-order valence-electron chi connectivity index (χ1n) is 6.03. The summed E-state index contributed by atoms with van der Waals surface area (Å²) in [6.45, 7) is 4.01. The van der Waals surface area contributed by atoms with Crippen LogP contribution in [-0.4, -0.2) is 29.0 Å². The lowest BCUT2D eigenvalue weighted by molar-refractivity contribution is 0.256. The molecule has 0 saturated heterocycles. The summed E-state index contributed by atoms with van der Waals surface area (Å²) in [5, 5.41) is 7.77. The van der Waals surface area contributed by atoms with Crippen molar-refractivity contribution in [3.8, 4) is 17.2 Å². The second kappa shape index (κ2) is 6.10. The van der Waals surface area contributed by atoms with Crippen LogP contribution in [0.2, 0.25) is 0 Å². The molecule has 1 aromatic carbocycles. The number of nitrogens with zero attached hydrogens (tertiary/aromatic N) is 3. The Morgan fingerprint density at radius 1 is 1.25 bits per heavy atom. The molecule has 6 nitrogen and oxygen atoms in total. The van der Waals surface area contributed by atoms with Crippen molar-refractivity contribution in [3.63, 3.8) is 0 Å². The van der Waals surface area contributed by atoms with Gasteiger partial charge in [0.25, 0.3) is 0 Å². The fraction of sp³-hybridized carbons (Fsp3) is 0.286. The molecule has 1 aromatic heterocycles. The summed E-state index contributed by atoms with van der Waals surface area (Å²) in [5.41, 5.74) is 0.893. The quantitative estimate of drug-likeness (QED) is 0.807. The van der Waals surface area contributed by atoms with Crippen LogP contribution in [-0.2, 0) is 13.7 Å². The Morgan fingerprint density at radius 2 is 1.90 bits per heavy atom. The third-order valence-electron chi connectivity index (χ3n) is 2.87. The van der Waals surface area contributed by atoms with E-state index >= 15 is 0 Å². The molecular weight excluding hydrogens is 258 g/mol. The summed E-state index contributed by atoms with van der Waals surface area (Å²) < 4.78 is 18.2. The van der Waals surface area contributed by atoms with Gasteiger partial charge in [0.05, 0.1) is 14.2 Å². The minimum Gasteiger partial charge on any atom is -0.493 e. The van der Waals surface area contributed by atoms with Gasteiger partial charge in [-0.2, -0.15) is 0 Å². The summed E-state index contributed by atoms with van der Waals surface area (Å²) in [5.74, 6) is 2.41. The van der Waals surface area contributed by atoms with Crippen LogP contribution in [0.5, 0.6) is 17.2 Å². The van der Waals surface area contributed by atoms with E-state index in [4.69, 9.17) is 14.2 Å². The van der Waals surface area contributed by atoms with Gasteiger partial charge >= 0.3 is 0 Å². The van der Waals surface area contributed by atoms with Crippen molar-refractivity contribution in [1.82, 2.24) is 14.8 Å². The number of benzene rings is 1. The Bertz CT molecular complexity index is 582. The third-order valence-corrected chi connectivity index (χ3v) is 2.87. The van der Waals surface area contributed by atoms with Gasteiger partial charge < -0.3 is 18.8 Å². The molecule has 2 aromatic rings. The van der Waals surface area contributed by atoms with Crippen molar-refractivity contribution in [2.75, 3.05) is 14.2 Å². The SMILES string of the molecule is C=Cc1cc(OC)c(OCc2nncn2C)c(OC)c1. The highest BCUT2D eigenvalue weighted by molar-refractivity contribution is 5.61. The standard InChI is InChI=1S/C14H17N3O3/c1-5-10-6-11(18-3)14(12(7-10)19-4)20-8-13-16-15-9-17(13)2/h5-7,9H,1,8H2,2-4H3. The molecule has 0 radical (unpaired) electrons. The Morgan fingerprint density at radius 3 is 2.35 bits per heavy atom. The van der Waals surface area contributed by atoms with Crippen LogP contribution in [0.15, 0.2) is 25.0 Å². The molecule has 106 valence electrons. The largest absolute Gasteiger partial charge is 0.493 e. The fourth-order valence-corrected chi connectivity index (χ4v) is 1.73. The van der Waals surface area contributed by atoms with E-state index < -0.39 is 0 Å². The smallest absolute Gasteiger partial charge is 0.204 e. The summed E-state index contributed by atoms with van der Waals surface area (Å²) >= 11 is 0. The molecule has 0 aliphatic carbocycles. The highest BCUT2D eigenvalue weighted by atomic mass is 16.5. The maximum absolute atomic E-state index is 5.77. The van der Waals surface area contributed by atoms with E-state index in [2.05, 4.69) is 16.8 Å². The van der Waals surface area contributed by atoms with Crippen LogP contribution in [0.25, 0.3) is 6.08 Å². The summed E-state index contributed by atoms with van der Waals surface area (Å²) in [7, 11) is 5.02. The monoisotopic (exact) mass is 275 g/mol. The Balaban J connectivity index is 2.29. The normalized spacial score (nSPS) is 10.2. The molecule has 1 heterocycles. The lowest BCUT2D eigenvalue weighted by Gasteiger charge is -2.15. The molecule has 0 fully saturated rings. The molecular formula is C14H17N3O3. The minimum absolute atomic E-state index is 0.274. The average Bonchev–Trinajstić information content (AvgIpc) is 2.89. The summed E-state index contributed by atoms with van der Waals surface area (Å²) in [6.07, 6.45) is 3.34. The topological polar surface area (TPSA) is 58.4 Å². The molecule has 0 N–H and O–H groups in total.